The molecule has 2 rings (SSSR count). The predicted octanol–water partition coefficient (Wildman–Crippen LogP) is 3.84. The van der Waals surface area contributed by atoms with E-state index in [1.807, 2.05) is 24.3 Å². The Morgan fingerprint density at radius 2 is 1.44 bits per heavy atom. The van der Waals surface area contributed by atoms with Crippen molar-refractivity contribution in [1.29, 1.82) is 5.26 Å². The average Bonchev–Trinajstić information content (AvgIpc) is 2.33. The number of nitriles is 1. The Kier molecular flexibility index (Phi) is 2.74. The highest BCUT2D eigenvalue weighted by molar-refractivity contribution is 5.65. The lowest BCUT2D eigenvalue weighted by Crippen LogP contribution is -1.83. The first-order valence-corrected chi connectivity index (χ1v) is 5.28. The zero-order chi connectivity index (χ0) is 11.5. The van der Waals surface area contributed by atoms with Gasteiger partial charge < -0.3 is 0 Å². The van der Waals surface area contributed by atoms with Crippen LogP contribution in [0.1, 0.15) is 16.7 Å². The second kappa shape index (κ2) is 4.20. The van der Waals surface area contributed by atoms with E-state index in [-0.39, 0.29) is 0 Å². The monoisotopic (exact) mass is 207 g/mol. The zero-order valence-electron chi connectivity index (χ0n) is 9.49. The molecule has 78 valence electrons. The molecule has 0 fully saturated rings. The van der Waals surface area contributed by atoms with Crippen molar-refractivity contribution in [2.75, 3.05) is 0 Å². The molecule has 0 amide bonds. The van der Waals surface area contributed by atoms with Gasteiger partial charge in [0.2, 0.25) is 0 Å². The van der Waals surface area contributed by atoms with Gasteiger partial charge in [-0.1, -0.05) is 30.3 Å². The molecule has 0 saturated carbocycles. The van der Waals surface area contributed by atoms with E-state index in [0.717, 1.165) is 5.56 Å². The van der Waals surface area contributed by atoms with Crippen LogP contribution in [0.4, 0.5) is 0 Å². The summed E-state index contributed by atoms with van der Waals surface area (Å²) >= 11 is 0. The molecular weight excluding hydrogens is 194 g/mol. The molecule has 2 aromatic carbocycles. The van der Waals surface area contributed by atoms with E-state index in [0.29, 0.717) is 5.56 Å². The summed E-state index contributed by atoms with van der Waals surface area (Å²) in [6.45, 7) is 4.22. The Morgan fingerprint density at radius 1 is 0.812 bits per heavy atom. The van der Waals surface area contributed by atoms with Crippen LogP contribution in [0.2, 0.25) is 0 Å². The molecule has 1 heteroatoms. The SMILES string of the molecule is Cc1ccc(-c2ccc(C#N)cc2)cc1C. The van der Waals surface area contributed by atoms with E-state index >= 15 is 0 Å². The van der Waals surface area contributed by atoms with Crippen LogP contribution in [0.15, 0.2) is 42.5 Å². The minimum Gasteiger partial charge on any atom is -0.192 e. The summed E-state index contributed by atoms with van der Waals surface area (Å²) < 4.78 is 0. The molecule has 0 saturated heterocycles. The third-order valence-corrected chi connectivity index (χ3v) is 2.85. The van der Waals surface area contributed by atoms with Crippen LogP contribution in [-0.2, 0) is 0 Å². The van der Waals surface area contributed by atoms with Gasteiger partial charge in [-0.15, -0.1) is 0 Å². The predicted molar refractivity (Wildman–Crippen MR) is 66.1 cm³/mol. The minimum atomic E-state index is 0.701. The Hall–Kier alpha value is -2.07. The largest absolute Gasteiger partial charge is 0.192 e. The molecule has 0 aromatic heterocycles. The van der Waals surface area contributed by atoms with Crippen LogP contribution in [-0.4, -0.2) is 0 Å². The summed E-state index contributed by atoms with van der Waals surface area (Å²) in [5.74, 6) is 0. The van der Waals surface area contributed by atoms with Gasteiger partial charge in [-0.3, -0.25) is 0 Å². The van der Waals surface area contributed by atoms with E-state index in [9.17, 15) is 0 Å². The van der Waals surface area contributed by atoms with Gasteiger partial charge >= 0.3 is 0 Å². The van der Waals surface area contributed by atoms with Crippen LogP contribution in [0.5, 0.6) is 0 Å². The third kappa shape index (κ3) is 1.97. The number of aryl methyl sites for hydroxylation is 2. The van der Waals surface area contributed by atoms with Crippen LogP contribution >= 0.6 is 0 Å². The maximum Gasteiger partial charge on any atom is 0.0991 e. The first-order valence-electron chi connectivity index (χ1n) is 5.28. The van der Waals surface area contributed by atoms with Gasteiger partial charge in [0.05, 0.1) is 11.6 Å². The van der Waals surface area contributed by atoms with Crippen LogP contribution < -0.4 is 0 Å². The molecule has 2 aromatic rings. The molecule has 0 N–H and O–H groups in total. The topological polar surface area (TPSA) is 23.8 Å². The first kappa shape index (κ1) is 10.4. The smallest absolute Gasteiger partial charge is 0.0991 e. The molecule has 0 aliphatic carbocycles. The van der Waals surface area contributed by atoms with Crippen LogP contribution in [0.3, 0.4) is 0 Å². The summed E-state index contributed by atoms with van der Waals surface area (Å²) in [7, 11) is 0. The standard InChI is InChI=1S/C15H13N/c1-11-3-6-15(9-12(11)2)14-7-4-13(10-16)5-8-14/h3-9H,1-2H3. The van der Waals surface area contributed by atoms with Gasteiger partial charge in [0.25, 0.3) is 0 Å². The quantitative estimate of drug-likeness (QED) is 0.697. The lowest BCUT2D eigenvalue weighted by molar-refractivity contribution is 1.34. The molecule has 0 aliphatic rings. The number of hydrogen-bond acceptors (Lipinski definition) is 1. The Bertz CT molecular complexity index is 545. The molecular formula is C15H13N. The fourth-order valence-corrected chi connectivity index (χ4v) is 1.66. The summed E-state index contributed by atoms with van der Waals surface area (Å²) in [6, 6.07) is 16.2. The molecule has 0 spiro atoms. The summed E-state index contributed by atoms with van der Waals surface area (Å²) in [6.07, 6.45) is 0. The fourth-order valence-electron chi connectivity index (χ4n) is 1.66. The van der Waals surface area contributed by atoms with Crippen molar-refractivity contribution in [3.63, 3.8) is 0 Å². The third-order valence-electron chi connectivity index (χ3n) is 2.85. The van der Waals surface area contributed by atoms with Gasteiger partial charge in [0, 0.05) is 0 Å². The Balaban J connectivity index is 2.43. The lowest BCUT2D eigenvalue weighted by Gasteiger charge is -2.05. The number of hydrogen-bond donors (Lipinski definition) is 0. The summed E-state index contributed by atoms with van der Waals surface area (Å²) in [5, 5.41) is 8.73. The fraction of sp³-hybridized carbons (Fsp3) is 0.133. The van der Waals surface area contributed by atoms with Crippen molar-refractivity contribution in [3.8, 4) is 17.2 Å². The normalized spacial score (nSPS) is 9.81. The Morgan fingerprint density at radius 3 is 2.00 bits per heavy atom. The van der Waals surface area contributed by atoms with Crippen molar-refractivity contribution in [2.24, 2.45) is 0 Å². The lowest BCUT2D eigenvalue weighted by atomic mass is 10.00. The highest BCUT2D eigenvalue weighted by atomic mass is 14.2. The maximum absolute atomic E-state index is 8.73. The number of nitrogens with zero attached hydrogens (tertiary/aromatic N) is 1. The summed E-state index contributed by atoms with van der Waals surface area (Å²) in [4.78, 5) is 0. The van der Waals surface area contributed by atoms with Crippen LogP contribution in [0.25, 0.3) is 11.1 Å². The van der Waals surface area contributed by atoms with Gasteiger partial charge in [0.1, 0.15) is 0 Å². The second-order valence-electron chi connectivity index (χ2n) is 3.99. The second-order valence-corrected chi connectivity index (χ2v) is 3.99. The highest BCUT2D eigenvalue weighted by Gasteiger charge is 1.99. The minimum absolute atomic E-state index is 0.701. The molecule has 0 heterocycles. The summed E-state index contributed by atoms with van der Waals surface area (Å²) in [5.41, 5.74) is 5.65. The van der Waals surface area contributed by atoms with Crippen molar-refractivity contribution >= 4 is 0 Å². The first-order chi connectivity index (χ1) is 7.70. The van der Waals surface area contributed by atoms with E-state index in [1.165, 1.54) is 16.7 Å². The van der Waals surface area contributed by atoms with E-state index in [1.54, 1.807) is 0 Å². The zero-order valence-corrected chi connectivity index (χ0v) is 9.49. The van der Waals surface area contributed by atoms with E-state index < -0.39 is 0 Å². The van der Waals surface area contributed by atoms with E-state index in [4.69, 9.17) is 5.26 Å². The molecule has 1 nitrogen and oxygen atoms in total. The maximum atomic E-state index is 8.73. The molecule has 0 aliphatic heterocycles. The van der Waals surface area contributed by atoms with Crippen LogP contribution in [0, 0.1) is 25.2 Å². The van der Waals surface area contributed by atoms with Crippen molar-refractivity contribution in [1.82, 2.24) is 0 Å². The van der Waals surface area contributed by atoms with Crippen molar-refractivity contribution in [2.45, 2.75) is 13.8 Å². The van der Waals surface area contributed by atoms with Crippen molar-refractivity contribution in [3.05, 3.63) is 59.2 Å². The highest BCUT2D eigenvalue weighted by Crippen LogP contribution is 2.22. The average molecular weight is 207 g/mol. The Labute approximate surface area is 96.0 Å². The molecule has 16 heavy (non-hydrogen) atoms. The molecule has 0 unspecified atom stereocenters. The van der Waals surface area contributed by atoms with Gasteiger partial charge in [-0.25, -0.2) is 0 Å². The van der Waals surface area contributed by atoms with Gasteiger partial charge in [-0.2, -0.15) is 5.26 Å². The number of rotatable bonds is 1. The molecule has 0 radical (unpaired) electrons. The molecule has 0 atom stereocenters. The van der Waals surface area contributed by atoms with Crippen molar-refractivity contribution < 1.29 is 0 Å². The number of benzene rings is 2. The van der Waals surface area contributed by atoms with E-state index in [2.05, 4.69) is 38.1 Å². The van der Waals surface area contributed by atoms with Gasteiger partial charge in [-0.05, 0) is 48.2 Å². The molecule has 0 bridgehead atoms. The van der Waals surface area contributed by atoms with Gasteiger partial charge in [0.15, 0.2) is 0 Å².